The van der Waals surface area contributed by atoms with Crippen LogP contribution in [0.5, 0.6) is 0 Å². The van der Waals surface area contributed by atoms with Crippen LogP contribution in [0.4, 0.5) is 17.6 Å². The van der Waals surface area contributed by atoms with Gasteiger partial charge in [-0.1, -0.05) is 30.3 Å². The van der Waals surface area contributed by atoms with Gasteiger partial charge in [0.15, 0.2) is 11.6 Å². The predicted octanol–water partition coefficient (Wildman–Crippen LogP) is 5.49. The van der Waals surface area contributed by atoms with Crippen molar-refractivity contribution in [3.05, 3.63) is 112 Å². The number of pyridine rings is 1. The number of hydrogen-bond donors (Lipinski definition) is 1. The highest BCUT2D eigenvalue weighted by atomic mass is 19.2. The Hall–Kier alpha value is -4.01. The van der Waals surface area contributed by atoms with E-state index in [1.165, 1.54) is 12.1 Å². The number of fused-ring (bicyclic) bond motifs is 1. The Labute approximate surface area is 193 Å². The summed E-state index contributed by atoms with van der Waals surface area (Å²) in [5.41, 5.74) is 0.556. The third-order valence-corrected chi connectivity index (χ3v) is 4.80. The molecule has 0 radical (unpaired) electrons. The summed E-state index contributed by atoms with van der Waals surface area (Å²) in [4.78, 5) is 26.2. The van der Waals surface area contributed by atoms with Gasteiger partial charge in [-0.05, 0) is 37.1 Å². The molecular weight excluding hydrogens is 452 g/mol. The van der Waals surface area contributed by atoms with Crippen LogP contribution in [0.3, 0.4) is 0 Å². The van der Waals surface area contributed by atoms with Gasteiger partial charge in [0, 0.05) is 20.0 Å². The molecule has 0 aliphatic heterocycles. The second-order valence-electron chi connectivity index (χ2n) is 7.32. The zero-order valence-electron chi connectivity index (χ0n) is 18.0. The largest absolute Gasteiger partial charge is 0.423 e. The maximum atomic E-state index is 13.5. The lowest BCUT2D eigenvalue weighted by Crippen LogP contribution is -2.28. The van der Waals surface area contributed by atoms with Crippen LogP contribution in [0.1, 0.15) is 32.1 Å². The van der Waals surface area contributed by atoms with Crippen LogP contribution in [0.15, 0.2) is 76.1 Å². The van der Waals surface area contributed by atoms with Gasteiger partial charge in [0.1, 0.15) is 17.2 Å². The first kappa shape index (κ1) is 24.6. The molecule has 1 N–H and O–H groups in total. The Morgan fingerprint density at radius 3 is 2.47 bits per heavy atom. The summed E-state index contributed by atoms with van der Waals surface area (Å²) in [6, 6.07) is 14.1. The number of halogens is 4. The van der Waals surface area contributed by atoms with E-state index >= 15 is 0 Å². The first-order valence-electron chi connectivity index (χ1n) is 10.3. The fourth-order valence-electron chi connectivity index (χ4n) is 3.12. The Kier molecular flexibility index (Phi) is 8.13. The molecule has 0 fully saturated rings. The molecule has 9 heteroatoms. The van der Waals surface area contributed by atoms with Crippen molar-refractivity contribution < 1.29 is 28.2 Å². The topological polar surface area (TPSA) is 72.2 Å². The lowest BCUT2D eigenvalue weighted by Gasteiger charge is -2.14. The molecule has 0 spiro atoms. The maximum absolute atomic E-state index is 13.5. The summed E-state index contributed by atoms with van der Waals surface area (Å²) in [6.45, 7) is 1.61. The van der Waals surface area contributed by atoms with E-state index in [9.17, 15) is 27.2 Å². The van der Waals surface area contributed by atoms with Crippen molar-refractivity contribution in [3.63, 3.8) is 0 Å². The minimum Gasteiger partial charge on any atom is -0.423 e. The number of aromatic nitrogens is 1. The second-order valence-corrected chi connectivity index (χ2v) is 7.32. The van der Waals surface area contributed by atoms with Gasteiger partial charge in [-0.2, -0.15) is 0 Å². The molecular formula is C25H22F4N2O3. The van der Waals surface area contributed by atoms with Crippen LogP contribution in [0, 0.1) is 23.3 Å². The van der Waals surface area contributed by atoms with E-state index in [1.54, 1.807) is 6.92 Å². The number of rotatable bonds is 5. The van der Waals surface area contributed by atoms with Crippen LogP contribution in [0.25, 0.3) is 11.0 Å². The molecule has 0 aliphatic rings. The molecule has 5 nitrogen and oxygen atoms in total. The Morgan fingerprint density at radius 1 is 1.03 bits per heavy atom. The van der Waals surface area contributed by atoms with E-state index in [4.69, 9.17) is 0 Å². The maximum Gasteiger partial charge on any atom is 0.336 e. The standard InChI is InChI=1S/C16H16F2N2O.C9H4F2O2.H2/c1-11(16-14(18)9-13(17)10-19-16)20-15(21)8-7-12-5-3-2-4-6-12;10-6-2-3-7-5(9(6)11)1-4-8(12)13-7;/h2-6,9-11H,7-8H2,1H3,(H,20,21);1-4H;1H/t11-;;/m1../s1. The predicted molar refractivity (Wildman–Crippen MR) is 120 cm³/mol. The fraction of sp³-hybridized carbons (Fsp3) is 0.160. The Balaban J connectivity index is 0.000000265. The summed E-state index contributed by atoms with van der Waals surface area (Å²) < 4.78 is 56.6. The first-order valence-corrected chi connectivity index (χ1v) is 10.3. The number of nitrogens with zero attached hydrogens (tertiary/aromatic N) is 1. The fourth-order valence-corrected chi connectivity index (χ4v) is 3.12. The van der Waals surface area contributed by atoms with Crippen LogP contribution < -0.4 is 10.9 Å². The molecule has 1 amide bonds. The van der Waals surface area contributed by atoms with Gasteiger partial charge < -0.3 is 9.73 Å². The van der Waals surface area contributed by atoms with Crippen molar-refractivity contribution in [2.75, 3.05) is 0 Å². The Bertz CT molecular complexity index is 1350. The highest BCUT2D eigenvalue weighted by molar-refractivity contribution is 5.77. The van der Waals surface area contributed by atoms with E-state index in [-0.39, 0.29) is 24.0 Å². The highest BCUT2D eigenvalue weighted by Gasteiger charge is 2.15. The molecule has 0 aliphatic carbocycles. The third-order valence-electron chi connectivity index (χ3n) is 4.80. The van der Waals surface area contributed by atoms with Gasteiger partial charge in [0.05, 0.1) is 23.3 Å². The van der Waals surface area contributed by atoms with E-state index in [0.717, 1.165) is 30.0 Å². The SMILES string of the molecule is C[C@@H](NC(=O)CCc1ccccc1)c1ncc(F)cc1F.O=c1ccc2c(F)c(F)ccc2o1.[HH]. The number of hydrogen-bond acceptors (Lipinski definition) is 4. The number of benzene rings is 2. The lowest BCUT2D eigenvalue weighted by atomic mass is 10.1. The van der Waals surface area contributed by atoms with Crippen LogP contribution in [-0.4, -0.2) is 10.9 Å². The first-order chi connectivity index (χ1) is 16.2. The number of amides is 1. The summed E-state index contributed by atoms with van der Waals surface area (Å²) in [6.07, 6.45) is 1.85. The second kappa shape index (κ2) is 11.2. The molecule has 0 saturated heterocycles. The normalized spacial score (nSPS) is 11.4. The molecule has 34 heavy (non-hydrogen) atoms. The zero-order chi connectivity index (χ0) is 24.7. The van der Waals surface area contributed by atoms with Crippen LogP contribution >= 0.6 is 0 Å². The van der Waals surface area contributed by atoms with Gasteiger partial charge in [0.25, 0.3) is 0 Å². The van der Waals surface area contributed by atoms with Gasteiger partial charge >= 0.3 is 5.63 Å². The smallest absolute Gasteiger partial charge is 0.336 e. The van der Waals surface area contributed by atoms with Crippen molar-refractivity contribution in [2.24, 2.45) is 0 Å². The van der Waals surface area contributed by atoms with Crippen molar-refractivity contribution in [3.8, 4) is 0 Å². The van der Waals surface area contributed by atoms with Gasteiger partial charge in [-0.3, -0.25) is 9.78 Å². The molecule has 2 heterocycles. The van der Waals surface area contributed by atoms with Gasteiger partial charge in [0.2, 0.25) is 5.91 Å². The van der Waals surface area contributed by atoms with Crippen LogP contribution in [-0.2, 0) is 11.2 Å². The zero-order valence-corrected chi connectivity index (χ0v) is 18.0. The van der Waals surface area contributed by atoms with E-state index < -0.39 is 34.9 Å². The minimum atomic E-state index is -0.999. The summed E-state index contributed by atoms with van der Waals surface area (Å²) in [5.74, 6) is -3.65. The molecule has 2 aromatic heterocycles. The summed E-state index contributed by atoms with van der Waals surface area (Å²) in [5, 5.41) is 2.63. The van der Waals surface area contributed by atoms with E-state index in [1.807, 2.05) is 30.3 Å². The summed E-state index contributed by atoms with van der Waals surface area (Å²) in [7, 11) is 0. The molecule has 4 aromatic rings. The molecule has 0 saturated carbocycles. The summed E-state index contributed by atoms with van der Waals surface area (Å²) >= 11 is 0. The average Bonchev–Trinajstić information content (AvgIpc) is 2.81. The Morgan fingerprint density at radius 2 is 1.76 bits per heavy atom. The van der Waals surface area contributed by atoms with Crippen LogP contribution in [0.2, 0.25) is 0 Å². The monoisotopic (exact) mass is 474 g/mol. The van der Waals surface area contributed by atoms with E-state index in [2.05, 4.69) is 14.7 Å². The quantitative estimate of drug-likeness (QED) is 0.307. The molecule has 2 aromatic carbocycles. The molecule has 0 bridgehead atoms. The molecule has 178 valence electrons. The van der Waals surface area contributed by atoms with Crippen molar-refractivity contribution in [1.29, 1.82) is 0 Å². The molecule has 4 rings (SSSR count). The van der Waals surface area contributed by atoms with Gasteiger partial charge in [-0.25, -0.2) is 22.4 Å². The van der Waals surface area contributed by atoms with Gasteiger partial charge in [-0.15, -0.1) is 0 Å². The number of aryl methyl sites for hydroxylation is 1. The minimum absolute atomic E-state index is 0. The molecule has 0 unspecified atom stereocenters. The third kappa shape index (κ3) is 6.50. The molecule has 1 atom stereocenters. The van der Waals surface area contributed by atoms with E-state index in [0.29, 0.717) is 12.8 Å². The lowest BCUT2D eigenvalue weighted by molar-refractivity contribution is -0.121. The van der Waals surface area contributed by atoms with Crippen molar-refractivity contribution in [2.45, 2.75) is 25.8 Å². The highest BCUT2D eigenvalue weighted by Crippen LogP contribution is 2.18. The average molecular weight is 474 g/mol. The number of carbonyl (C=O) groups is 1. The van der Waals surface area contributed by atoms with Crippen molar-refractivity contribution >= 4 is 16.9 Å². The number of carbonyl (C=O) groups excluding carboxylic acids is 1. The van der Waals surface area contributed by atoms with Crippen molar-refractivity contribution in [1.82, 2.24) is 10.3 Å². The number of nitrogens with one attached hydrogen (secondary N) is 1.